The third kappa shape index (κ3) is 8.83. The van der Waals surface area contributed by atoms with Gasteiger partial charge in [-0.3, -0.25) is 4.90 Å². The van der Waals surface area contributed by atoms with Crippen molar-refractivity contribution in [3.8, 4) is 0 Å². The summed E-state index contributed by atoms with van der Waals surface area (Å²) >= 11 is 0. The fourth-order valence-electron chi connectivity index (χ4n) is 3.96. The third-order valence-electron chi connectivity index (χ3n) is 5.53. The molecular weight excluding hydrogens is 314 g/mol. The van der Waals surface area contributed by atoms with Gasteiger partial charge >= 0.3 is 0 Å². The average Bonchev–Trinajstić information content (AvgIpc) is 2.57. The summed E-state index contributed by atoms with van der Waals surface area (Å²) in [4.78, 5) is 7.51. The van der Waals surface area contributed by atoms with Gasteiger partial charge in [-0.15, -0.1) is 0 Å². The molecule has 2 saturated heterocycles. The molecule has 0 amide bonds. The van der Waals surface area contributed by atoms with Crippen LogP contribution in [0.3, 0.4) is 0 Å². The molecule has 2 aliphatic rings. The van der Waals surface area contributed by atoms with Crippen LogP contribution >= 0.6 is 0 Å². The lowest BCUT2D eigenvalue weighted by Crippen LogP contribution is -2.45. The molecule has 2 aliphatic heterocycles. The van der Waals surface area contributed by atoms with E-state index in [1.165, 1.54) is 58.5 Å². The molecule has 25 heavy (non-hydrogen) atoms. The second kappa shape index (κ2) is 11.5. The first-order valence-corrected chi connectivity index (χ1v) is 10.4. The summed E-state index contributed by atoms with van der Waals surface area (Å²) < 4.78 is 11.8. The quantitative estimate of drug-likeness (QED) is 0.599. The number of ether oxygens (including phenoxy) is 2. The van der Waals surface area contributed by atoms with E-state index in [1.54, 1.807) is 0 Å². The lowest BCUT2D eigenvalue weighted by molar-refractivity contribution is 0.0128. The largest absolute Gasteiger partial charge is 0.377 e. The molecular formula is C20H41N3O2. The van der Waals surface area contributed by atoms with Crippen molar-refractivity contribution in [3.63, 3.8) is 0 Å². The zero-order valence-corrected chi connectivity index (χ0v) is 17.1. The Balaban J connectivity index is 1.55. The molecule has 0 spiro atoms. The van der Waals surface area contributed by atoms with E-state index in [4.69, 9.17) is 9.47 Å². The van der Waals surface area contributed by atoms with E-state index >= 15 is 0 Å². The maximum atomic E-state index is 6.12. The zero-order valence-electron chi connectivity index (χ0n) is 17.1. The van der Waals surface area contributed by atoms with Gasteiger partial charge in [-0.1, -0.05) is 0 Å². The lowest BCUT2D eigenvalue weighted by atomic mass is 9.92. The van der Waals surface area contributed by atoms with Gasteiger partial charge < -0.3 is 19.3 Å². The number of rotatable bonds is 10. The van der Waals surface area contributed by atoms with Gasteiger partial charge in [0.1, 0.15) is 0 Å². The van der Waals surface area contributed by atoms with Crippen LogP contribution in [-0.2, 0) is 9.47 Å². The van der Waals surface area contributed by atoms with E-state index in [0.29, 0.717) is 12.2 Å². The summed E-state index contributed by atoms with van der Waals surface area (Å²) in [7, 11) is 2.21. The highest BCUT2D eigenvalue weighted by molar-refractivity contribution is 4.75. The molecule has 0 N–H and O–H groups in total. The number of likely N-dealkylation sites (N-methyl/N-ethyl adjacent to an activating group) is 1. The van der Waals surface area contributed by atoms with Crippen molar-refractivity contribution in [2.75, 3.05) is 72.6 Å². The monoisotopic (exact) mass is 355 g/mol. The molecule has 0 aromatic heterocycles. The molecule has 2 unspecified atom stereocenters. The second-order valence-electron chi connectivity index (χ2n) is 8.29. The van der Waals surface area contributed by atoms with Gasteiger partial charge in [0.05, 0.1) is 25.4 Å². The van der Waals surface area contributed by atoms with Gasteiger partial charge in [0.15, 0.2) is 0 Å². The Morgan fingerprint density at radius 2 is 1.56 bits per heavy atom. The minimum atomic E-state index is 0.342. The molecule has 2 heterocycles. The number of piperidine rings is 1. The van der Waals surface area contributed by atoms with Crippen LogP contribution in [0.1, 0.15) is 40.0 Å². The van der Waals surface area contributed by atoms with E-state index < -0.39 is 0 Å². The second-order valence-corrected chi connectivity index (χ2v) is 8.29. The summed E-state index contributed by atoms with van der Waals surface area (Å²) in [6.07, 6.45) is 4.59. The lowest BCUT2D eigenvalue weighted by Gasteiger charge is -2.34. The van der Waals surface area contributed by atoms with Gasteiger partial charge in [-0.25, -0.2) is 0 Å². The Morgan fingerprint density at radius 1 is 0.880 bits per heavy atom. The summed E-state index contributed by atoms with van der Waals surface area (Å²) in [5.74, 6) is 0.784. The maximum absolute atomic E-state index is 6.12. The molecule has 148 valence electrons. The SMILES string of the molecule is CC(C)OCCN1CCCC(CC(C)OCCN2CCN(C)CC2)C1. The molecule has 5 heteroatoms. The normalized spacial score (nSPS) is 25.6. The van der Waals surface area contributed by atoms with Crippen LogP contribution in [0.25, 0.3) is 0 Å². The molecule has 5 nitrogen and oxygen atoms in total. The number of piperazine rings is 1. The summed E-state index contributed by atoms with van der Waals surface area (Å²) in [6.45, 7) is 17.6. The predicted octanol–water partition coefficient (Wildman–Crippen LogP) is 2.17. The van der Waals surface area contributed by atoms with Gasteiger partial charge in [-0.2, -0.15) is 0 Å². The van der Waals surface area contributed by atoms with Crippen molar-refractivity contribution in [1.82, 2.24) is 14.7 Å². The van der Waals surface area contributed by atoms with Gasteiger partial charge in [0.25, 0.3) is 0 Å². The van der Waals surface area contributed by atoms with E-state index in [-0.39, 0.29) is 0 Å². The molecule has 2 rings (SSSR count). The molecule has 0 aliphatic carbocycles. The minimum absolute atomic E-state index is 0.342. The van der Waals surface area contributed by atoms with Gasteiger partial charge in [0.2, 0.25) is 0 Å². The van der Waals surface area contributed by atoms with Crippen LogP contribution in [0, 0.1) is 5.92 Å². The topological polar surface area (TPSA) is 28.2 Å². The zero-order chi connectivity index (χ0) is 18.1. The molecule has 0 saturated carbocycles. The van der Waals surface area contributed by atoms with Crippen molar-refractivity contribution in [2.45, 2.75) is 52.2 Å². The first kappa shape index (κ1) is 21.1. The Morgan fingerprint density at radius 3 is 2.28 bits per heavy atom. The number of hydrogen-bond donors (Lipinski definition) is 0. The van der Waals surface area contributed by atoms with Crippen LogP contribution < -0.4 is 0 Å². The van der Waals surface area contributed by atoms with Gasteiger partial charge in [0, 0.05) is 45.8 Å². The van der Waals surface area contributed by atoms with E-state index in [0.717, 1.165) is 32.2 Å². The van der Waals surface area contributed by atoms with E-state index in [2.05, 4.69) is 42.5 Å². The van der Waals surface area contributed by atoms with Gasteiger partial charge in [-0.05, 0) is 59.5 Å². The molecule has 0 bridgehead atoms. The molecule has 2 fully saturated rings. The van der Waals surface area contributed by atoms with Crippen LogP contribution in [0.5, 0.6) is 0 Å². The van der Waals surface area contributed by atoms with E-state index in [9.17, 15) is 0 Å². The van der Waals surface area contributed by atoms with Crippen molar-refractivity contribution in [2.24, 2.45) is 5.92 Å². The van der Waals surface area contributed by atoms with E-state index in [1.807, 2.05) is 0 Å². The highest BCUT2D eigenvalue weighted by Crippen LogP contribution is 2.22. The van der Waals surface area contributed by atoms with Crippen LogP contribution in [0.4, 0.5) is 0 Å². The van der Waals surface area contributed by atoms with Crippen LogP contribution in [-0.4, -0.2) is 99.5 Å². The van der Waals surface area contributed by atoms with Crippen molar-refractivity contribution < 1.29 is 9.47 Å². The highest BCUT2D eigenvalue weighted by Gasteiger charge is 2.22. The summed E-state index contributed by atoms with van der Waals surface area (Å²) in [6, 6.07) is 0. The summed E-state index contributed by atoms with van der Waals surface area (Å²) in [5, 5.41) is 0. The van der Waals surface area contributed by atoms with Crippen LogP contribution in [0.2, 0.25) is 0 Å². The molecule has 2 atom stereocenters. The Labute approximate surface area is 155 Å². The molecule has 0 aromatic rings. The summed E-state index contributed by atoms with van der Waals surface area (Å²) in [5.41, 5.74) is 0. The predicted molar refractivity (Wildman–Crippen MR) is 104 cm³/mol. The molecule has 0 radical (unpaired) electrons. The first-order valence-electron chi connectivity index (χ1n) is 10.4. The fourth-order valence-corrected chi connectivity index (χ4v) is 3.96. The number of hydrogen-bond acceptors (Lipinski definition) is 5. The van der Waals surface area contributed by atoms with Crippen molar-refractivity contribution in [1.29, 1.82) is 0 Å². The standard InChI is InChI=1S/C20H41N3O2/c1-18(2)24-14-13-23-7-5-6-20(17-23)16-19(3)25-15-12-22-10-8-21(4)9-11-22/h18-20H,5-17H2,1-4H3. The van der Waals surface area contributed by atoms with Crippen molar-refractivity contribution in [3.05, 3.63) is 0 Å². The fraction of sp³-hybridized carbons (Fsp3) is 1.00. The first-order chi connectivity index (χ1) is 12.0. The number of likely N-dealkylation sites (tertiary alicyclic amines) is 1. The molecule has 0 aromatic carbocycles. The Kier molecular flexibility index (Phi) is 9.71. The Hall–Kier alpha value is -0.200. The van der Waals surface area contributed by atoms with Crippen LogP contribution in [0.15, 0.2) is 0 Å². The third-order valence-corrected chi connectivity index (χ3v) is 5.53. The Bertz CT molecular complexity index is 346. The smallest absolute Gasteiger partial charge is 0.0597 e. The average molecular weight is 356 g/mol. The van der Waals surface area contributed by atoms with Crippen molar-refractivity contribution >= 4 is 0 Å². The highest BCUT2D eigenvalue weighted by atomic mass is 16.5. The number of nitrogens with zero attached hydrogens (tertiary/aromatic N) is 3. The maximum Gasteiger partial charge on any atom is 0.0597 e. The minimum Gasteiger partial charge on any atom is -0.377 e.